The molecule has 0 aliphatic carbocycles. The van der Waals surface area contributed by atoms with Crippen molar-refractivity contribution in [1.29, 1.82) is 0 Å². The van der Waals surface area contributed by atoms with Gasteiger partial charge in [0.15, 0.2) is 0 Å². The Morgan fingerprint density at radius 3 is 1.77 bits per heavy atom. The molecule has 4 fully saturated rings. The summed E-state index contributed by atoms with van der Waals surface area (Å²) in [5.41, 5.74) is 0.408. The van der Waals surface area contributed by atoms with Gasteiger partial charge in [0, 0.05) is 26.2 Å². The summed E-state index contributed by atoms with van der Waals surface area (Å²) in [4.78, 5) is 4.37. The number of aliphatic hydroxyl groups is 5. The van der Waals surface area contributed by atoms with Crippen LogP contribution in [-0.2, 0) is 0 Å². The van der Waals surface area contributed by atoms with Gasteiger partial charge in [0.2, 0.25) is 0 Å². The van der Waals surface area contributed by atoms with E-state index >= 15 is 0 Å². The van der Waals surface area contributed by atoms with Crippen LogP contribution >= 0.6 is 0 Å². The molecule has 128 valence electrons. The molecule has 4 atom stereocenters. The van der Waals surface area contributed by atoms with Gasteiger partial charge in [-0.1, -0.05) is 13.8 Å². The molecule has 0 radical (unpaired) electrons. The fourth-order valence-electron chi connectivity index (χ4n) is 5.18. The second kappa shape index (κ2) is 5.37. The Hall–Kier alpha value is -0.280. The number of hydrogen-bond acceptors (Lipinski definition) is 7. The van der Waals surface area contributed by atoms with E-state index in [4.69, 9.17) is 5.11 Å². The summed E-state index contributed by atoms with van der Waals surface area (Å²) in [6.07, 6.45) is -4.89. The first-order valence-corrected chi connectivity index (χ1v) is 7.99. The van der Waals surface area contributed by atoms with Crippen LogP contribution in [0, 0.1) is 10.8 Å². The van der Waals surface area contributed by atoms with Crippen molar-refractivity contribution in [2.24, 2.45) is 10.8 Å². The minimum Gasteiger partial charge on any atom is -0.394 e. The lowest BCUT2D eigenvalue weighted by atomic mass is 9.63. The van der Waals surface area contributed by atoms with Crippen molar-refractivity contribution >= 4 is 0 Å². The fourth-order valence-corrected chi connectivity index (χ4v) is 5.18. The average Bonchev–Trinajstić information content (AvgIpc) is 2.41. The average molecular weight is 316 g/mol. The quantitative estimate of drug-likeness (QED) is 0.392. The van der Waals surface area contributed by atoms with Crippen molar-refractivity contribution in [1.82, 2.24) is 9.80 Å². The summed E-state index contributed by atoms with van der Waals surface area (Å²) >= 11 is 0. The monoisotopic (exact) mass is 316 g/mol. The summed E-state index contributed by atoms with van der Waals surface area (Å²) < 4.78 is 0. The van der Waals surface area contributed by atoms with Gasteiger partial charge in [-0.3, -0.25) is 9.80 Å². The second-order valence-electron chi connectivity index (χ2n) is 8.24. The minimum absolute atomic E-state index is 0.204. The normalized spacial score (nSPS) is 49.0. The van der Waals surface area contributed by atoms with Crippen molar-refractivity contribution in [3.63, 3.8) is 0 Å². The van der Waals surface area contributed by atoms with Crippen LogP contribution in [0.25, 0.3) is 0 Å². The van der Waals surface area contributed by atoms with Crippen LogP contribution < -0.4 is 0 Å². The smallest absolute Gasteiger partial charge is 0.111 e. The van der Waals surface area contributed by atoms with Crippen molar-refractivity contribution < 1.29 is 25.5 Å². The van der Waals surface area contributed by atoms with Crippen LogP contribution in [0.2, 0.25) is 0 Å². The van der Waals surface area contributed by atoms with Crippen LogP contribution in [0.1, 0.15) is 20.3 Å². The molecule has 7 heteroatoms. The van der Waals surface area contributed by atoms with Gasteiger partial charge in [0.05, 0.1) is 12.8 Å². The summed E-state index contributed by atoms with van der Waals surface area (Å²) in [5.74, 6) is 0. The Kier molecular flexibility index (Phi) is 4.05. The Morgan fingerprint density at radius 2 is 1.36 bits per heavy atom. The molecule has 4 saturated heterocycles. The molecule has 4 heterocycles. The van der Waals surface area contributed by atoms with Crippen molar-refractivity contribution in [2.75, 3.05) is 32.8 Å². The maximum Gasteiger partial charge on any atom is 0.111 e. The Bertz CT molecular complexity index is 398. The fraction of sp³-hybridized carbons (Fsp3) is 1.00. The maximum atomic E-state index is 10.5. The van der Waals surface area contributed by atoms with E-state index in [1.807, 2.05) is 0 Å². The highest BCUT2D eigenvalue weighted by Gasteiger charge is 2.58. The van der Waals surface area contributed by atoms with Crippen molar-refractivity contribution in [2.45, 2.75) is 50.8 Å². The van der Waals surface area contributed by atoms with E-state index in [9.17, 15) is 20.4 Å². The largest absolute Gasteiger partial charge is 0.394 e. The summed E-state index contributed by atoms with van der Waals surface area (Å²) in [6.45, 7) is 7.33. The zero-order valence-electron chi connectivity index (χ0n) is 13.3. The van der Waals surface area contributed by atoms with Gasteiger partial charge in [0.1, 0.15) is 24.4 Å². The zero-order chi connectivity index (χ0) is 16.3. The van der Waals surface area contributed by atoms with Crippen LogP contribution in [0.3, 0.4) is 0 Å². The van der Waals surface area contributed by atoms with Gasteiger partial charge >= 0.3 is 0 Å². The van der Waals surface area contributed by atoms with E-state index in [2.05, 4.69) is 23.6 Å². The summed E-state index contributed by atoms with van der Waals surface area (Å²) in [5, 5.41) is 49.0. The first-order chi connectivity index (χ1) is 10.2. The number of piperidine rings is 2. The predicted octanol–water partition coefficient (Wildman–Crippen LogP) is -2.20. The standard InChI is InChI=1S/C15H28N2O5/c1-14-4-15(2)7-16(5-14)13(17(6-14)8-15)12(22)11(21)10(20)9(19)3-18/h9-13,18-22H,3-8H2,1-2H3/t9-,10+,11-,12-,13?,14?,15?/m1/s1. The molecule has 4 bridgehead atoms. The van der Waals surface area contributed by atoms with Crippen LogP contribution in [0.5, 0.6) is 0 Å². The van der Waals surface area contributed by atoms with Crippen LogP contribution in [0.4, 0.5) is 0 Å². The molecule has 0 saturated carbocycles. The van der Waals surface area contributed by atoms with Gasteiger partial charge in [-0.25, -0.2) is 0 Å². The Labute approximate surface area is 130 Å². The lowest BCUT2D eigenvalue weighted by molar-refractivity contribution is -0.237. The molecule has 4 aliphatic rings. The van der Waals surface area contributed by atoms with E-state index < -0.39 is 31.0 Å². The minimum atomic E-state index is -1.56. The first kappa shape index (κ1) is 16.6. The topological polar surface area (TPSA) is 108 Å². The lowest BCUT2D eigenvalue weighted by Crippen LogP contribution is -2.77. The maximum absolute atomic E-state index is 10.5. The molecule has 22 heavy (non-hydrogen) atoms. The first-order valence-electron chi connectivity index (χ1n) is 7.99. The molecule has 4 rings (SSSR count). The number of aliphatic hydroxyl groups excluding tert-OH is 5. The molecule has 0 aromatic heterocycles. The highest BCUT2D eigenvalue weighted by molar-refractivity contribution is 5.09. The van der Waals surface area contributed by atoms with Gasteiger partial charge in [0.25, 0.3) is 0 Å². The number of hydrogen-bond donors (Lipinski definition) is 5. The van der Waals surface area contributed by atoms with E-state index in [0.29, 0.717) is 0 Å². The van der Waals surface area contributed by atoms with Crippen molar-refractivity contribution in [3.8, 4) is 0 Å². The Morgan fingerprint density at radius 1 is 0.909 bits per heavy atom. The van der Waals surface area contributed by atoms with E-state index in [1.165, 1.54) is 6.42 Å². The van der Waals surface area contributed by atoms with E-state index in [-0.39, 0.29) is 17.0 Å². The Balaban J connectivity index is 1.76. The predicted molar refractivity (Wildman–Crippen MR) is 78.9 cm³/mol. The SMILES string of the molecule is CC12CN3CC(C)(CN(C1)C3[C@H](O)[C@H](O)[C@@H](O)[C@H](O)CO)C2. The van der Waals surface area contributed by atoms with Gasteiger partial charge in [-0.15, -0.1) is 0 Å². The number of rotatable bonds is 5. The number of nitrogens with zero attached hydrogens (tertiary/aromatic N) is 2. The van der Waals surface area contributed by atoms with E-state index in [1.54, 1.807) is 0 Å². The van der Waals surface area contributed by atoms with Gasteiger partial charge in [-0.2, -0.15) is 0 Å². The van der Waals surface area contributed by atoms with Gasteiger partial charge < -0.3 is 25.5 Å². The van der Waals surface area contributed by atoms with Crippen molar-refractivity contribution in [3.05, 3.63) is 0 Å². The highest BCUT2D eigenvalue weighted by Crippen LogP contribution is 2.51. The third-order valence-electron chi connectivity index (χ3n) is 5.53. The summed E-state index contributed by atoms with van der Waals surface area (Å²) in [6, 6.07) is 0. The zero-order valence-corrected chi connectivity index (χ0v) is 13.3. The van der Waals surface area contributed by atoms with Crippen LogP contribution in [0.15, 0.2) is 0 Å². The molecule has 5 N–H and O–H groups in total. The molecule has 4 aliphatic heterocycles. The molecule has 0 amide bonds. The highest BCUT2D eigenvalue weighted by atomic mass is 16.4. The molecule has 0 spiro atoms. The molecule has 0 unspecified atom stereocenters. The van der Waals surface area contributed by atoms with Crippen LogP contribution in [-0.4, -0.2) is 98.7 Å². The molecular formula is C15H28N2O5. The van der Waals surface area contributed by atoms with E-state index in [0.717, 1.165) is 26.2 Å². The third kappa shape index (κ3) is 2.58. The lowest BCUT2D eigenvalue weighted by Gasteiger charge is -2.67. The molecule has 0 aromatic rings. The van der Waals surface area contributed by atoms with Gasteiger partial charge in [-0.05, 0) is 17.3 Å². The molecule has 7 nitrogen and oxygen atoms in total. The molecular weight excluding hydrogens is 288 g/mol. The third-order valence-corrected chi connectivity index (χ3v) is 5.53. The molecule has 0 aromatic carbocycles. The second-order valence-corrected chi connectivity index (χ2v) is 8.24. The summed E-state index contributed by atoms with van der Waals surface area (Å²) in [7, 11) is 0.